The summed E-state index contributed by atoms with van der Waals surface area (Å²) in [7, 11) is -2.44. The standard InChI is InChI=1S/C15H15N3O3S/c1-10-8-14(21-3)15(9-11(10)2)22(19,20)18-13-7-5-4-6-12(13)16-17-18/h4-9H,1-3H3. The van der Waals surface area contributed by atoms with Crippen LogP contribution in [-0.2, 0) is 10.0 Å². The van der Waals surface area contributed by atoms with Gasteiger partial charge in [-0.2, -0.15) is 8.42 Å². The fourth-order valence-corrected chi connectivity index (χ4v) is 3.70. The van der Waals surface area contributed by atoms with Gasteiger partial charge in [0.05, 0.1) is 7.11 Å². The second-order valence-corrected chi connectivity index (χ2v) is 6.75. The van der Waals surface area contributed by atoms with Crippen LogP contribution < -0.4 is 4.74 Å². The highest BCUT2D eigenvalue weighted by Gasteiger charge is 2.25. The Labute approximate surface area is 128 Å². The Morgan fingerprint density at radius 1 is 1.09 bits per heavy atom. The fraction of sp³-hybridized carbons (Fsp3) is 0.200. The third kappa shape index (κ3) is 2.14. The number of hydrogen-bond acceptors (Lipinski definition) is 5. The van der Waals surface area contributed by atoms with Crippen molar-refractivity contribution in [2.75, 3.05) is 7.11 Å². The predicted molar refractivity (Wildman–Crippen MR) is 82.6 cm³/mol. The van der Waals surface area contributed by atoms with E-state index in [1.165, 1.54) is 7.11 Å². The Balaban J connectivity index is 2.29. The number of para-hydroxylation sites is 1. The minimum atomic E-state index is -3.89. The number of hydrogen-bond donors (Lipinski definition) is 0. The first-order valence-electron chi connectivity index (χ1n) is 6.66. The molecule has 0 bridgehead atoms. The van der Waals surface area contributed by atoms with Crippen molar-refractivity contribution in [3.05, 3.63) is 47.5 Å². The minimum absolute atomic E-state index is 0.0775. The molecule has 6 nitrogen and oxygen atoms in total. The van der Waals surface area contributed by atoms with Gasteiger partial charge in [0.2, 0.25) is 0 Å². The van der Waals surface area contributed by atoms with Crippen LogP contribution in [0.5, 0.6) is 5.75 Å². The molecule has 0 aliphatic carbocycles. The van der Waals surface area contributed by atoms with Crippen molar-refractivity contribution in [1.82, 2.24) is 14.4 Å². The largest absolute Gasteiger partial charge is 0.495 e. The third-order valence-electron chi connectivity index (χ3n) is 3.61. The van der Waals surface area contributed by atoms with Crippen molar-refractivity contribution >= 4 is 21.1 Å². The van der Waals surface area contributed by atoms with Crippen LogP contribution >= 0.6 is 0 Å². The molecular weight excluding hydrogens is 302 g/mol. The summed E-state index contributed by atoms with van der Waals surface area (Å²) >= 11 is 0. The van der Waals surface area contributed by atoms with E-state index >= 15 is 0 Å². The molecule has 0 N–H and O–H groups in total. The van der Waals surface area contributed by atoms with Crippen LogP contribution in [0.1, 0.15) is 11.1 Å². The SMILES string of the molecule is COc1cc(C)c(C)cc1S(=O)(=O)n1nnc2ccccc21. The van der Waals surface area contributed by atoms with Crippen LogP contribution in [0.25, 0.3) is 11.0 Å². The molecule has 114 valence electrons. The zero-order valence-corrected chi connectivity index (χ0v) is 13.3. The molecule has 22 heavy (non-hydrogen) atoms. The van der Waals surface area contributed by atoms with E-state index in [1.807, 2.05) is 13.8 Å². The highest BCUT2D eigenvalue weighted by molar-refractivity contribution is 7.90. The quantitative estimate of drug-likeness (QED) is 0.741. The van der Waals surface area contributed by atoms with Crippen molar-refractivity contribution in [2.45, 2.75) is 18.7 Å². The molecule has 0 atom stereocenters. The maximum atomic E-state index is 12.9. The Morgan fingerprint density at radius 2 is 1.77 bits per heavy atom. The van der Waals surface area contributed by atoms with Crippen molar-refractivity contribution in [1.29, 1.82) is 0 Å². The maximum Gasteiger partial charge on any atom is 0.288 e. The molecule has 0 saturated carbocycles. The van der Waals surface area contributed by atoms with Crippen LogP contribution in [-0.4, -0.2) is 29.9 Å². The molecule has 0 aliphatic rings. The van der Waals surface area contributed by atoms with E-state index in [2.05, 4.69) is 10.3 Å². The van der Waals surface area contributed by atoms with Gasteiger partial charge in [0.1, 0.15) is 21.7 Å². The van der Waals surface area contributed by atoms with Gasteiger partial charge in [0.25, 0.3) is 10.0 Å². The van der Waals surface area contributed by atoms with Gasteiger partial charge >= 0.3 is 0 Å². The summed E-state index contributed by atoms with van der Waals surface area (Å²) in [6.07, 6.45) is 0. The molecule has 0 fully saturated rings. The average Bonchev–Trinajstić information content (AvgIpc) is 2.94. The summed E-state index contributed by atoms with van der Waals surface area (Å²) in [5, 5.41) is 7.69. The molecule has 0 amide bonds. The van der Waals surface area contributed by atoms with Gasteiger partial charge in [-0.15, -0.1) is 9.19 Å². The molecule has 3 rings (SSSR count). The second-order valence-electron chi connectivity index (χ2n) is 5.01. The van der Waals surface area contributed by atoms with Crippen molar-refractivity contribution in [2.24, 2.45) is 0 Å². The maximum absolute atomic E-state index is 12.9. The lowest BCUT2D eigenvalue weighted by Gasteiger charge is -2.12. The van der Waals surface area contributed by atoms with E-state index in [0.29, 0.717) is 16.8 Å². The monoisotopic (exact) mass is 317 g/mol. The first-order chi connectivity index (χ1) is 10.4. The van der Waals surface area contributed by atoms with E-state index in [4.69, 9.17) is 4.74 Å². The number of ether oxygens (including phenoxy) is 1. The van der Waals surface area contributed by atoms with E-state index in [1.54, 1.807) is 36.4 Å². The van der Waals surface area contributed by atoms with Crippen molar-refractivity contribution in [3.8, 4) is 5.75 Å². The van der Waals surface area contributed by atoms with Gasteiger partial charge in [0, 0.05) is 0 Å². The lowest BCUT2D eigenvalue weighted by atomic mass is 10.1. The number of fused-ring (bicyclic) bond motifs is 1. The van der Waals surface area contributed by atoms with E-state index in [9.17, 15) is 8.42 Å². The summed E-state index contributed by atoms with van der Waals surface area (Å²) in [5.74, 6) is 0.294. The topological polar surface area (TPSA) is 74.1 Å². The molecule has 0 radical (unpaired) electrons. The van der Waals surface area contributed by atoms with Gasteiger partial charge in [-0.3, -0.25) is 0 Å². The van der Waals surface area contributed by atoms with Crippen LogP contribution in [0.2, 0.25) is 0 Å². The molecule has 1 heterocycles. The minimum Gasteiger partial charge on any atom is -0.495 e. The molecule has 0 unspecified atom stereocenters. The van der Waals surface area contributed by atoms with Gasteiger partial charge in [-0.1, -0.05) is 17.3 Å². The van der Waals surface area contributed by atoms with Gasteiger partial charge in [-0.25, -0.2) is 0 Å². The summed E-state index contributed by atoms with van der Waals surface area (Å²) in [6, 6.07) is 10.2. The summed E-state index contributed by atoms with van der Waals surface area (Å²) in [4.78, 5) is 0.0775. The number of methoxy groups -OCH3 is 1. The molecule has 2 aromatic carbocycles. The molecule has 0 saturated heterocycles. The number of benzene rings is 2. The second kappa shape index (κ2) is 5.10. The number of rotatable bonds is 3. The lowest BCUT2D eigenvalue weighted by Crippen LogP contribution is -2.16. The van der Waals surface area contributed by atoms with E-state index in [-0.39, 0.29) is 4.90 Å². The third-order valence-corrected chi connectivity index (χ3v) is 5.21. The molecule has 1 aromatic heterocycles. The smallest absolute Gasteiger partial charge is 0.288 e. The highest BCUT2D eigenvalue weighted by Crippen LogP contribution is 2.29. The number of aryl methyl sites for hydroxylation is 2. The van der Waals surface area contributed by atoms with Gasteiger partial charge < -0.3 is 4.74 Å². The van der Waals surface area contributed by atoms with E-state index in [0.717, 1.165) is 15.2 Å². The van der Waals surface area contributed by atoms with Crippen molar-refractivity contribution < 1.29 is 13.2 Å². The average molecular weight is 317 g/mol. The van der Waals surface area contributed by atoms with Crippen LogP contribution in [0.15, 0.2) is 41.3 Å². The van der Waals surface area contributed by atoms with Crippen molar-refractivity contribution in [3.63, 3.8) is 0 Å². The first kappa shape index (κ1) is 14.5. The van der Waals surface area contributed by atoms with Crippen LogP contribution in [0, 0.1) is 13.8 Å². The number of aromatic nitrogens is 3. The van der Waals surface area contributed by atoms with Crippen LogP contribution in [0.3, 0.4) is 0 Å². The van der Waals surface area contributed by atoms with Gasteiger partial charge in [0.15, 0.2) is 0 Å². The Bertz CT molecular complexity index is 961. The highest BCUT2D eigenvalue weighted by atomic mass is 32.2. The molecule has 0 aliphatic heterocycles. The molecule has 7 heteroatoms. The number of nitrogens with zero attached hydrogens (tertiary/aromatic N) is 3. The molecule has 3 aromatic rings. The fourth-order valence-electron chi connectivity index (χ4n) is 2.24. The summed E-state index contributed by atoms with van der Waals surface area (Å²) in [5.41, 5.74) is 2.78. The van der Waals surface area contributed by atoms with Gasteiger partial charge in [-0.05, 0) is 49.2 Å². The normalized spacial score (nSPS) is 11.8. The Morgan fingerprint density at radius 3 is 2.50 bits per heavy atom. The van der Waals surface area contributed by atoms with E-state index < -0.39 is 10.0 Å². The predicted octanol–water partition coefficient (Wildman–Crippen LogP) is 2.29. The Kier molecular flexibility index (Phi) is 3.37. The molecule has 0 spiro atoms. The molecular formula is C15H15N3O3S. The zero-order valence-electron chi connectivity index (χ0n) is 12.4. The first-order valence-corrected chi connectivity index (χ1v) is 8.10. The zero-order chi connectivity index (χ0) is 15.9. The van der Waals surface area contributed by atoms with Crippen LogP contribution in [0.4, 0.5) is 0 Å². The summed E-state index contributed by atoms with van der Waals surface area (Å²) < 4.78 is 32.0. The Hall–Kier alpha value is -2.41. The summed E-state index contributed by atoms with van der Waals surface area (Å²) in [6.45, 7) is 3.76. The lowest BCUT2D eigenvalue weighted by molar-refractivity contribution is 0.401.